The first-order valence-corrected chi connectivity index (χ1v) is 19.3. The maximum absolute atomic E-state index is 16.0. The first-order chi connectivity index (χ1) is 21.3. The van der Waals surface area contributed by atoms with Crippen LogP contribution in [0.5, 0.6) is 0 Å². The molecular formula is C34H44Cl2FN5O3Si. The number of fused-ring (bicyclic) bond motifs is 2. The van der Waals surface area contributed by atoms with Gasteiger partial charge < -0.3 is 20.4 Å². The van der Waals surface area contributed by atoms with Gasteiger partial charge in [-0.25, -0.2) is 4.39 Å². The van der Waals surface area contributed by atoms with Gasteiger partial charge in [0, 0.05) is 34.9 Å². The number of aromatic nitrogens is 2. The van der Waals surface area contributed by atoms with Gasteiger partial charge in [-0.1, -0.05) is 82.9 Å². The van der Waals surface area contributed by atoms with Gasteiger partial charge in [-0.2, -0.15) is 5.10 Å². The fraction of sp³-hybridized carbons (Fsp3) is 0.500. The predicted molar refractivity (Wildman–Crippen MR) is 185 cm³/mol. The Bertz CT molecular complexity index is 1650. The van der Waals surface area contributed by atoms with E-state index in [2.05, 4.69) is 75.7 Å². The number of amides is 2. The van der Waals surface area contributed by atoms with Gasteiger partial charge in [0.25, 0.3) is 0 Å². The first-order valence-electron chi connectivity index (χ1n) is 15.6. The summed E-state index contributed by atoms with van der Waals surface area (Å²) < 4.78 is 24.0. The molecule has 3 N–H and O–H groups in total. The lowest BCUT2D eigenvalue weighted by molar-refractivity contribution is -0.122. The van der Waals surface area contributed by atoms with Crippen LogP contribution >= 0.6 is 23.2 Å². The highest BCUT2D eigenvalue weighted by Crippen LogP contribution is 2.57. The minimum atomic E-state index is -1.92. The molecule has 2 aromatic carbocycles. The molecule has 3 heterocycles. The summed E-state index contributed by atoms with van der Waals surface area (Å²) in [5, 5.41) is 14.4. The molecule has 12 heteroatoms. The number of carbonyl (C=O) groups excluding carboxylic acids is 2. The van der Waals surface area contributed by atoms with E-state index >= 15 is 4.39 Å². The highest BCUT2D eigenvalue weighted by Gasteiger charge is 2.66. The van der Waals surface area contributed by atoms with Crippen LogP contribution in [0.4, 0.5) is 15.9 Å². The fourth-order valence-electron chi connectivity index (χ4n) is 6.52. The second kappa shape index (κ2) is 12.4. The van der Waals surface area contributed by atoms with Gasteiger partial charge in [0.1, 0.15) is 11.2 Å². The first kappa shape index (κ1) is 34.6. The highest BCUT2D eigenvalue weighted by molar-refractivity contribution is 6.74. The largest absolute Gasteiger partial charge is 0.415 e. The summed E-state index contributed by atoms with van der Waals surface area (Å²) >= 11 is 12.6. The van der Waals surface area contributed by atoms with E-state index in [0.717, 1.165) is 0 Å². The van der Waals surface area contributed by atoms with Gasteiger partial charge in [0.15, 0.2) is 14.1 Å². The van der Waals surface area contributed by atoms with Crippen molar-refractivity contribution in [2.24, 2.45) is 5.41 Å². The van der Waals surface area contributed by atoms with Crippen LogP contribution in [0.2, 0.25) is 28.2 Å². The van der Waals surface area contributed by atoms with Gasteiger partial charge in [-0.15, -0.1) is 0 Å². The van der Waals surface area contributed by atoms with E-state index < -0.39 is 43.5 Å². The molecule has 0 saturated carbocycles. The van der Waals surface area contributed by atoms with Crippen LogP contribution in [-0.2, 0) is 26.0 Å². The number of hydrogen-bond acceptors (Lipinski definition) is 5. The number of rotatable bonds is 8. The number of anilines is 2. The zero-order valence-electron chi connectivity index (χ0n) is 27.7. The molecule has 0 radical (unpaired) electrons. The Kier molecular flexibility index (Phi) is 9.29. The molecule has 248 valence electrons. The van der Waals surface area contributed by atoms with Crippen LogP contribution in [0.15, 0.2) is 48.7 Å². The van der Waals surface area contributed by atoms with E-state index in [-0.39, 0.29) is 26.9 Å². The molecule has 1 fully saturated rings. The van der Waals surface area contributed by atoms with Gasteiger partial charge in [0.05, 0.1) is 24.2 Å². The Balaban J connectivity index is 1.51. The molecule has 1 unspecified atom stereocenters. The van der Waals surface area contributed by atoms with E-state index in [1.807, 2.05) is 0 Å². The zero-order chi connectivity index (χ0) is 33.8. The lowest BCUT2D eigenvalue weighted by atomic mass is 9.62. The summed E-state index contributed by atoms with van der Waals surface area (Å²) in [6, 6.07) is 10.1. The van der Waals surface area contributed by atoms with Gasteiger partial charge in [-0.05, 0) is 59.3 Å². The minimum Gasteiger partial charge on any atom is -0.415 e. The minimum absolute atomic E-state index is 0.0838. The van der Waals surface area contributed by atoms with Crippen molar-refractivity contribution in [1.29, 1.82) is 0 Å². The van der Waals surface area contributed by atoms with Crippen LogP contribution in [0.3, 0.4) is 0 Å². The molecule has 2 aliphatic heterocycles. The average molecular weight is 689 g/mol. The van der Waals surface area contributed by atoms with Crippen LogP contribution in [0, 0.1) is 11.2 Å². The number of hydrogen-bond donors (Lipinski definition) is 3. The van der Waals surface area contributed by atoms with Gasteiger partial charge in [0.2, 0.25) is 11.8 Å². The van der Waals surface area contributed by atoms with Crippen LogP contribution in [0.25, 0.3) is 0 Å². The monoisotopic (exact) mass is 687 g/mol. The molecule has 0 bridgehead atoms. The molecule has 1 spiro atoms. The second-order valence-corrected chi connectivity index (χ2v) is 20.8. The van der Waals surface area contributed by atoms with Crippen LogP contribution < -0.4 is 16.0 Å². The van der Waals surface area contributed by atoms with Crippen LogP contribution in [0.1, 0.15) is 65.0 Å². The Hall–Kier alpha value is -2.76. The topological polar surface area (TPSA) is 97.3 Å². The Labute approximate surface area is 281 Å². The Morgan fingerprint density at radius 1 is 1.13 bits per heavy atom. The van der Waals surface area contributed by atoms with Crippen molar-refractivity contribution in [3.05, 3.63) is 75.7 Å². The summed E-state index contributed by atoms with van der Waals surface area (Å²) in [4.78, 5) is 28.5. The van der Waals surface area contributed by atoms with Crippen molar-refractivity contribution >= 4 is 54.8 Å². The SMILES string of the molecule is CC(C)(C)CC1N[C@@H](C(=O)Nc2ccn(CCO[Si](C)(C)C(C)(C)C)n2)[C@H](c2cccc(Cl)c2F)[C@]12C(=O)Nc1cc(Cl)ccc12. The predicted octanol–water partition coefficient (Wildman–Crippen LogP) is 7.74. The third-order valence-corrected chi connectivity index (χ3v) is 14.8. The Morgan fingerprint density at radius 2 is 1.85 bits per heavy atom. The van der Waals surface area contributed by atoms with Crippen molar-refractivity contribution in [3.8, 4) is 0 Å². The molecule has 1 saturated heterocycles. The van der Waals surface area contributed by atoms with Crippen molar-refractivity contribution in [2.45, 2.75) is 96.1 Å². The molecule has 5 rings (SSSR count). The number of halogens is 3. The molecule has 8 nitrogen and oxygen atoms in total. The number of nitrogens with zero attached hydrogens (tertiary/aromatic N) is 2. The van der Waals surface area contributed by atoms with Crippen molar-refractivity contribution < 1.29 is 18.4 Å². The second-order valence-electron chi connectivity index (χ2n) is 15.2. The third-order valence-electron chi connectivity index (χ3n) is 9.70. The average Bonchev–Trinajstić information content (AvgIpc) is 3.59. The smallest absolute Gasteiger partial charge is 0.243 e. The summed E-state index contributed by atoms with van der Waals surface area (Å²) in [5.74, 6) is -2.01. The van der Waals surface area contributed by atoms with Crippen molar-refractivity contribution in [3.63, 3.8) is 0 Å². The quantitative estimate of drug-likeness (QED) is 0.211. The Morgan fingerprint density at radius 3 is 2.52 bits per heavy atom. The molecule has 3 aromatic rings. The highest BCUT2D eigenvalue weighted by atomic mass is 35.5. The molecule has 46 heavy (non-hydrogen) atoms. The lowest BCUT2D eigenvalue weighted by Crippen LogP contribution is -2.49. The molecule has 0 aliphatic carbocycles. The third kappa shape index (κ3) is 6.39. The molecule has 1 aromatic heterocycles. The number of nitrogens with one attached hydrogen (secondary N) is 3. The normalized spacial score (nSPS) is 23.1. The molecule has 2 amide bonds. The number of benzene rings is 2. The van der Waals surface area contributed by atoms with E-state index in [1.54, 1.807) is 47.3 Å². The maximum atomic E-state index is 16.0. The van der Waals surface area contributed by atoms with E-state index in [1.165, 1.54) is 6.07 Å². The fourth-order valence-corrected chi connectivity index (χ4v) is 7.91. The summed E-state index contributed by atoms with van der Waals surface area (Å²) in [6.45, 7) is 18.2. The van der Waals surface area contributed by atoms with Crippen molar-refractivity contribution in [2.75, 3.05) is 17.2 Å². The van der Waals surface area contributed by atoms with Gasteiger partial charge in [-0.3, -0.25) is 14.3 Å². The molecular weight excluding hydrogens is 644 g/mol. The number of carbonyl (C=O) groups is 2. The van der Waals surface area contributed by atoms with E-state index in [0.29, 0.717) is 41.7 Å². The summed E-state index contributed by atoms with van der Waals surface area (Å²) in [7, 11) is -1.92. The zero-order valence-corrected chi connectivity index (χ0v) is 30.2. The molecule has 4 atom stereocenters. The van der Waals surface area contributed by atoms with E-state index in [9.17, 15) is 9.59 Å². The maximum Gasteiger partial charge on any atom is 0.243 e. The van der Waals surface area contributed by atoms with Gasteiger partial charge >= 0.3 is 0 Å². The standard InChI is InChI=1S/C34H44Cl2FN5O3Si/c1-32(2,3)19-25-34(22-13-12-20(35)18-24(22)38-31(34)44)27(21-10-9-11-23(36)28(21)37)29(39-25)30(43)40-26-14-15-42(41-26)16-17-45-46(7,8)33(4,5)6/h9-15,18,25,27,29,39H,16-17,19H2,1-8H3,(H,38,44)(H,40,41,43)/t25?,27-,29+,34+/m0/s1. The van der Waals surface area contributed by atoms with Crippen molar-refractivity contribution in [1.82, 2.24) is 15.1 Å². The van der Waals surface area contributed by atoms with Crippen LogP contribution in [-0.4, -0.2) is 48.6 Å². The summed E-state index contributed by atoms with van der Waals surface area (Å²) in [5.41, 5.74) is -0.183. The summed E-state index contributed by atoms with van der Waals surface area (Å²) in [6.07, 6.45) is 2.31. The van der Waals surface area contributed by atoms with E-state index in [4.69, 9.17) is 27.6 Å². The molecule has 2 aliphatic rings. The lowest BCUT2D eigenvalue weighted by Gasteiger charge is -2.37.